The van der Waals surface area contributed by atoms with Gasteiger partial charge in [0.2, 0.25) is 0 Å². The van der Waals surface area contributed by atoms with Crippen LogP contribution in [0.1, 0.15) is 44.3 Å². The Labute approximate surface area is 113 Å². The van der Waals surface area contributed by atoms with Crippen LogP contribution in [0, 0.1) is 5.41 Å². The average Bonchev–Trinajstić information content (AvgIpc) is 3.06. The van der Waals surface area contributed by atoms with Crippen LogP contribution in [0.2, 0.25) is 0 Å². The van der Waals surface area contributed by atoms with Crippen LogP contribution < -0.4 is 0 Å². The molecular weight excluding hydrogens is 244 g/mol. The number of rotatable bonds is 3. The third-order valence-corrected chi connectivity index (χ3v) is 4.91. The summed E-state index contributed by atoms with van der Waals surface area (Å²) in [4.78, 5) is 0. The lowest BCUT2D eigenvalue weighted by Crippen LogP contribution is -2.54. The Morgan fingerprint density at radius 3 is 2.79 bits per heavy atom. The molecule has 1 saturated heterocycles. The van der Waals surface area contributed by atoms with Crippen molar-refractivity contribution in [1.29, 1.82) is 0 Å². The van der Waals surface area contributed by atoms with Crippen molar-refractivity contribution in [2.45, 2.75) is 44.3 Å². The van der Waals surface area contributed by atoms with Crippen molar-refractivity contribution < 1.29 is 19.0 Å². The van der Waals surface area contributed by atoms with Crippen LogP contribution in [0.3, 0.4) is 0 Å². The molecule has 3 rings (SSSR count). The molecule has 1 aliphatic heterocycles. The van der Waals surface area contributed by atoms with E-state index in [2.05, 4.69) is 6.92 Å². The van der Waals surface area contributed by atoms with E-state index in [-0.39, 0.29) is 17.9 Å². The zero-order valence-corrected chi connectivity index (χ0v) is 11.4. The summed E-state index contributed by atoms with van der Waals surface area (Å²) in [5.41, 5.74) is -0.242. The second-order valence-corrected chi connectivity index (χ2v) is 5.80. The lowest BCUT2D eigenvalue weighted by Gasteiger charge is -2.51. The molecule has 19 heavy (non-hydrogen) atoms. The molecule has 106 valence electrons. The van der Waals surface area contributed by atoms with E-state index < -0.39 is 5.79 Å². The first-order valence-corrected chi connectivity index (χ1v) is 7.14. The molecule has 2 aliphatic rings. The first-order chi connectivity index (χ1) is 9.22. The van der Waals surface area contributed by atoms with E-state index in [1.807, 2.05) is 12.1 Å². The fourth-order valence-electron chi connectivity index (χ4n) is 3.88. The van der Waals surface area contributed by atoms with Gasteiger partial charge in [-0.2, -0.15) is 0 Å². The van der Waals surface area contributed by atoms with E-state index in [1.165, 1.54) is 0 Å². The number of ether oxygens (including phenoxy) is 2. The second-order valence-electron chi connectivity index (χ2n) is 5.80. The van der Waals surface area contributed by atoms with Gasteiger partial charge in [0.15, 0.2) is 5.79 Å². The van der Waals surface area contributed by atoms with Gasteiger partial charge in [-0.05, 0) is 31.4 Å². The molecule has 0 radical (unpaired) electrons. The van der Waals surface area contributed by atoms with Gasteiger partial charge in [0.25, 0.3) is 0 Å². The number of hydrogen-bond donors (Lipinski definition) is 1. The van der Waals surface area contributed by atoms with E-state index in [0.717, 1.165) is 25.0 Å². The smallest absolute Gasteiger partial charge is 0.174 e. The van der Waals surface area contributed by atoms with Crippen molar-refractivity contribution in [2.75, 3.05) is 19.8 Å². The molecule has 0 unspecified atom stereocenters. The zero-order chi connectivity index (χ0) is 13.3. The van der Waals surface area contributed by atoms with Crippen molar-refractivity contribution in [2.24, 2.45) is 5.41 Å². The molecule has 2 heterocycles. The van der Waals surface area contributed by atoms with Gasteiger partial charge in [-0.1, -0.05) is 6.92 Å². The SMILES string of the molecule is C[C@]1(CCO)[C@H](c2ccco2)CCCC12OCCO2. The molecule has 1 saturated carbocycles. The monoisotopic (exact) mass is 266 g/mol. The maximum atomic E-state index is 9.50. The van der Waals surface area contributed by atoms with Crippen LogP contribution in [0.5, 0.6) is 0 Å². The molecule has 1 spiro atoms. The predicted molar refractivity (Wildman–Crippen MR) is 69.7 cm³/mol. The van der Waals surface area contributed by atoms with Gasteiger partial charge in [0.05, 0.1) is 19.5 Å². The van der Waals surface area contributed by atoms with E-state index in [9.17, 15) is 5.11 Å². The molecule has 2 fully saturated rings. The normalized spacial score (nSPS) is 33.9. The van der Waals surface area contributed by atoms with Gasteiger partial charge in [0, 0.05) is 24.4 Å². The summed E-state index contributed by atoms with van der Waals surface area (Å²) in [5, 5.41) is 9.50. The highest BCUT2D eigenvalue weighted by molar-refractivity contribution is 5.16. The topological polar surface area (TPSA) is 51.8 Å². The number of furan rings is 1. The zero-order valence-electron chi connectivity index (χ0n) is 11.4. The van der Waals surface area contributed by atoms with Crippen LogP contribution in [0.4, 0.5) is 0 Å². The van der Waals surface area contributed by atoms with Gasteiger partial charge in [0.1, 0.15) is 5.76 Å². The largest absolute Gasteiger partial charge is 0.469 e. The van der Waals surface area contributed by atoms with Crippen molar-refractivity contribution in [3.05, 3.63) is 24.2 Å². The summed E-state index contributed by atoms with van der Waals surface area (Å²) in [6.07, 6.45) is 5.40. The highest BCUT2D eigenvalue weighted by atomic mass is 16.7. The number of hydrogen-bond acceptors (Lipinski definition) is 4. The minimum Gasteiger partial charge on any atom is -0.469 e. The molecule has 1 aromatic heterocycles. The van der Waals surface area contributed by atoms with Gasteiger partial charge in [-0.3, -0.25) is 0 Å². The summed E-state index contributed by atoms with van der Waals surface area (Å²) in [7, 11) is 0. The van der Waals surface area contributed by atoms with Crippen LogP contribution in [0.15, 0.2) is 22.8 Å². The van der Waals surface area contributed by atoms with Gasteiger partial charge in [-0.25, -0.2) is 0 Å². The van der Waals surface area contributed by atoms with E-state index in [1.54, 1.807) is 6.26 Å². The second kappa shape index (κ2) is 4.93. The average molecular weight is 266 g/mol. The summed E-state index contributed by atoms with van der Waals surface area (Å²) in [5.74, 6) is 0.668. The van der Waals surface area contributed by atoms with E-state index in [0.29, 0.717) is 19.6 Å². The molecule has 1 aromatic rings. The summed E-state index contributed by atoms with van der Waals surface area (Å²) >= 11 is 0. The predicted octanol–water partition coefficient (Wildman–Crippen LogP) is 2.68. The van der Waals surface area contributed by atoms with Crippen molar-refractivity contribution in [3.8, 4) is 0 Å². The first kappa shape index (κ1) is 13.2. The van der Waals surface area contributed by atoms with E-state index >= 15 is 0 Å². The maximum absolute atomic E-state index is 9.50. The van der Waals surface area contributed by atoms with Crippen molar-refractivity contribution in [3.63, 3.8) is 0 Å². The molecule has 2 atom stereocenters. The lowest BCUT2D eigenvalue weighted by atomic mass is 9.61. The third-order valence-electron chi connectivity index (χ3n) is 4.91. The highest BCUT2D eigenvalue weighted by Crippen LogP contribution is 2.57. The minimum absolute atomic E-state index is 0.141. The molecule has 0 bridgehead atoms. The number of aliphatic hydroxyl groups excluding tert-OH is 1. The van der Waals surface area contributed by atoms with Gasteiger partial charge >= 0.3 is 0 Å². The fraction of sp³-hybridized carbons (Fsp3) is 0.733. The lowest BCUT2D eigenvalue weighted by molar-refractivity contribution is -0.262. The standard InChI is InChI=1S/C15H22O4/c1-14(7-8-16)12(13-5-3-9-17-13)4-2-6-15(14)18-10-11-19-15/h3,5,9,12,16H,2,4,6-8,10-11H2,1H3/t12-,14-/m0/s1. The van der Waals surface area contributed by atoms with Crippen LogP contribution in [0.25, 0.3) is 0 Å². The maximum Gasteiger partial charge on any atom is 0.174 e. The number of aliphatic hydroxyl groups is 1. The Morgan fingerprint density at radius 1 is 1.37 bits per heavy atom. The molecule has 4 heteroatoms. The van der Waals surface area contributed by atoms with Gasteiger partial charge < -0.3 is 19.0 Å². The van der Waals surface area contributed by atoms with Crippen molar-refractivity contribution in [1.82, 2.24) is 0 Å². The van der Waals surface area contributed by atoms with Crippen molar-refractivity contribution >= 4 is 0 Å². The fourth-order valence-corrected chi connectivity index (χ4v) is 3.88. The Bertz CT molecular complexity index is 408. The van der Waals surface area contributed by atoms with Gasteiger partial charge in [-0.15, -0.1) is 0 Å². The molecular formula is C15H22O4. The molecule has 0 amide bonds. The first-order valence-electron chi connectivity index (χ1n) is 7.14. The molecule has 0 aromatic carbocycles. The Hall–Kier alpha value is -0.840. The summed E-state index contributed by atoms with van der Waals surface area (Å²) in [6, 6.07) is 3.95. The van der Waals surface area contributed by atoms with Crippen LogP contribution >= 0.6 is 0 Å². The summed E-state index contributed by atoms with van der Waals surface area (Å²) in [6.45, 7) is 3.60. The van der Waals surface area contributed by atoms with E-state index in [4.69, 9.17) is 13.9 Å². The van der Waals surface area contributed by atoms with Crippen LogP contribution in [-0.4, -0.2) is 30.7 Å². The highest BCUT2D eigenvalue weighted by Gasteiger charge is 2.59. The molecule has 4 nitrogen and oxygen atoms in total. The third kappa shape index (κ3) is 1.93. The summed E-state index contributed by atoms with van der Waals surface area (Å²) < 4.78 is 17.6. The molecule has 1 aliphatic carbocycles. The Kier molecular flexibility index (Phi) is 3.41. The Morgan fingerprint density at radius 2 is 2.16 bits per heavy atom. The molecule has 1 N–H and O–H groups in total. The Balaban J connectivity index is 1.99. The van der Waals surface area contributed by atoms with Crippen LogP contribution in [-0.2, 0) is 9.47 Å². The quantitative estimate of drug-likeness (QED) is 0.914. The minimum atomic E-state index is -0.550.